The van der Waals surface area contributed by atoms with Gasteiger partial charge in [0.2, 0.25) is 0 Å². The third-order valence-electron chi connectivity index (χ3n) is 2.66. The third kappa shape index (κ3) is 3.85. The molecule has 8 heteroatoms. The van der Waals surface area contributed by atoms with Gasteiger partial charge in [-0.25, -0.2) is 13.8 Å². The van der Waals surface area contributed by atoms with E-state index in [4.69, 9.17) is 4.74 Å². The highest BCUT2D eigenvalue weighted by Gasteiger charge is 2.17. The summed E-state index contributed by atoms with van der Waals surface area (Å²) in [5.41, 5.74) is 0.794. The van der Waals surface area contributed by atoms with Crippen molar-refractivity contribution in [2.45, 2.75) is 20.0 Å². The van der Waals surface area contributed by atoms with Crippen molar-refractivity contribution < 1.29 is 23.1 Å². The van der Waals surface area contributed by atoms with Crippen LogP contribution in [0.15, 0.2) is 23.6 Å². The molecule has 0 aliphatic carbocycles. The predicted octanol–water partition coefficient (Wildman–Crippen LogP) is 2.98. The van der Waals surface area contributed by atoms with E-state index in [1.807, 2.05) is 0 Å². The molecule has 0 aliphatic heterocycles. The number of carbonyl (C=O) groups is 2. The van der Waals surface area contributed by atoms with E-state index >= 15 is 0 Å². The number of rotatable bonds is 4. The number of anilines is 1. The molecule has 0 unspecified atom stereocenters. The van der Waals surface area contributed by atoms with Gasteiger partial charge in [-0.15, -0.1) is 11.3 Å². The van der Waals surface area contributed by atoms with Crippen molar-refractivity contribution in [3.63, 3.8) is 0 Å². The third-order valence-corrected chi connectivity index (χ3v) is 3.42. The summed E-state index contributed by atoms with van der Waals surface area (Å²) in [6.45, 7) is 2.63. The molecule has 5 nitrogen and oxygen atoms in total. The van der Waals surface area contributed by atoms with Crippen molar-refractivity contribution in [3.05, 3.63) is 35.2 Å². The van der Waals surface area contributed by atoms with E-state index in [1.165, 1.54) is 19.9 Å². The van der Waals surface area contributed by atoms with Crippen LogP contribution in [-0.2, 0) is 14.3 Å². The van der Waals surface area contributed by atoms with Crippen LogP contribution < -0.4 is 5.32 Å². The number of amides is 1. The normalized spacial score (nSPS) is 11.8. The lowest BCUT2D eigenvalue weighted by atomic mass is 10.2. The van der Waals surface area contributed by atoms with Gasteiger partial charge >= 0.3 is 5.97 Å². The minimum atomic E-state index is -0.973. The van der Waals surface area contributed by atoms with E-state index in [-0.39, 0.29) is 5.13 Å². The Hall–Kier alpha value is -2.35. The molecule has 0 aliphatic rings. The highest BCUT2D eigenvalue weighted by atomic mass is 32.1. The fourth-order valence-electron chi connectivity index (χ4n) is 1.63. The lowest BCUT2D eigenvalue weighted by Gasteiger charge is -2.10. The number of nitrogens with one attached hydrogen (secondary N) is 1. The summed E-state index contributed by atoms with van der Waals surface area (Å²) in [6.07, 6.45) is -0.951. The number of ether oxygens (including phenoxy) is 1. The van der Waals surface area contributed by atoms with Gasteiger partial charge in [0.15, 0.2) is 22.9 Å². The summed E-state index contributed by atoms with van der Waals surface area (Å²) >= 11 is 1.12. The summed E-state index contributed by atoms with van der Waals surface area (Å²) in [6, 6.07) is 3.42. The molecular weight excluding hydrogens is 314 g/mol. The molecule has 22 heavy (non-hydrogen) atoms. The minimum absolute atomic E-state index is 0.267. The first-order chi connectivity index (χ1) is 10.4. The average molecular weight is 326 g/mol. The van der Waals surface area contributed by atoms with Crippen molar-refractivity contribution in [2.75, 3.05) is 5.32 Å². The molecule has 0 saturated carbocycles. The second-order valence-corrected chi connectivity index (χ2v) is 5.27. The van der Waals surface area contributed by atoms with Crippen molar-refractivity contribution in [2.24, 2.45) is 0 Å². The Kier molecular flexibility index (Phi) is 4.81. The van der Waals surface area contributed by atoms with Crippen LogP contribution in [0.3, 0.4) is 0 Å². The number of thiazole rings is 1. The maximum absolute atomic E-state index is 13.2. The molecular formula is C14H12F2N2O3S. The van der Waals surface area contributed by atoms with E-state index < -0.39 is 29.6 Å². The Morgan fingerprint density at radius 1 is 1.32 bits per heavy atom. The maximum Gasteiger partial charge on any atom is 0.303 e. The number of esters is 1. The fourth-order valence-corrected chi connectivity index (χ4v) is 2.35. The molecule has 1 aromatic carbocycles. The van der Waals surface area contributed by atoms with Crippen molar-refractivity contribution in [1.29, 1.82) is 0 Å². The van der Waals surface area contributed by atoms with Crippen LogP contribution in [0.2, 0.25) is 0 Å². The molecule has 1 amide bonds. The Balaban J connectivity index is 2.09. The van der Waals surface area contributed by atoms with Gasteiger partial charge in [0, 0.05) is 17.9 Å². The molecule has 0 spiro atoms. The van der Waals surface area contributed by atoms with Gasteiger partial charge in [-0.2, -0.15) is 0 Å². The van der Waals surface area contributed by atoms with Crippen LogP contribution in [0, 0.1) is 11.6 Å². The number of benzene rings is 1. The van der Waals surface area contributed by atoms with Crippen molar-refractivity contribution >= 4 is 28.3 Å². The van der Waals surface area contributed by atoms with E-state index in [0.29, 0.717) is 11.3 Å². The van der Waals surface area contributed by atoms with E-state index in [2.05, 4.69) is 10.3 Å². The molecule has 0 fully saturated rings. The number of nitrogens with zero attached hydrogens (tertiary/aromatic N) is 1. The zero-order chi connectivity index (χ0) is 16.3. The zero-order valence-corrected chi connectivity index (χ0v) is 12.5. The molecule has 1 aromatic heterocycles. The highest BCUT2D eigenvalue weighted by Crippen LogP contribution is 2.26. The molecule has 1 heterocycles. The minimum Gasteiger partial charge on any atom is -0.453 e. The Morgan fingerprint density at radius 3 is 2.68 bits per heavy atom. The van der Waals surface area contributed by atoms with Gasteiger partial charge < -0.3 is 4.74 Å². The van der Waals surface area contributed by atoms with Crippen LogP contribution in [-0.4, -0.2) is 23.0 Å². The highest BCUT2D eigenvalue weighted by molar-refractivity contribution is 7.14. The summed E-state index contributed by atoms with van der Waals surface area (Å²) in [5, 5.41) is 4.35. The predicted molar refractivity (Wildman–Crippen MR) is 77.3 cm³/mol. The molecule has 116 valence electrons. The number of hydrogen-bond donors (Lipinski definition) is 1. The second kappa shape index (κ2) is 6.61. The van der Waals surface area contributed by atoms with E-state index in [1.54, 1.807) is 5.38 Å². The summed E-state index contributed by atoms with van der Waals surface area (Å²) in [4.78, 5) is 26.6. The van der Waals surface area contributed by atoms with Gasteiger partial charge in [0.25, 0.3) is 5.91 Å². The number of hydrogen-bond acceptors (Lipinski definition) is 5. The molecule has 2 aromatic rings. The quantitative estimate of drug-likeness (QED) is 0.877. The zero-order valence-electron chi connectivity index (χ0n) is 11.7. The average Bonchev–Trinajstić information content (AvgIpc) is 2.89. The lowest BCUT2D eigenvalue weighted by molar-refractivity contribution is -0.150. The Morgan fingerprint density at radius 2 is 2.05 bits per heavy atom. The largest absolute Gasteiger partial charge is 0.453 e. The molecule has 0 radical (unpaired) electrons. The molecule has 0 bridgehead atoms. The van der Waals surface area contributed by atoms with Gasteiger partial charge in [-0.05, 0) is 25.1 Å². The van der Waals surface area contributed by atoms with Gasteiger partial charge in [-0.1, -0.05) is 0 Å². The van der Waals surface area contributed by atoms with Gasteiger partial charge in [0.05, 0.1) is 5.69 Å². The van der Waals surface area contributed by atoms with Crippen LogP contribution in [0.25, 0.3) is 11.3 Å². The topological polar surface area (TPSA) is 68.3 Å². The van der Waals surface area contributed by atoms with Crippen molar-refractivity contribution in [1.82, 2.24) is 4.98 Å². The van der Waals surface area contributed by atoms with E-state index in [0.717, 1.165) is 23.5 Å². The summed E-state index contributed by atoms with van der Waals surface area (Å²) in [5.74, 6) is -3.01. The smallest absolute Gasteiger partial charge is 0.303 e. The van der Waals surface area contributed by atoms with Crippen LogP contribution in [0.1, 0.15) is 13.8 Å². The first-order valence-corrected chi connectivity index (χ1v) is 7.14. The monoisotopic (exact) mass is 326 g/mol. The lowest BCUT2D eigenvalue weighted by Crippen LogP contribution is -2.29. The molecule has 1 atom stereocenters. The molecule has 0 saturated heterocycles. The maximum atomic E-state index is 13.2. The Labute approximate surface area is 128 Å². The first-order valence-electron chi connectivity index (χ1n) is 6.26. The SMILES string of the molecule is CC(=O)O[C@H](C)C(=O)Nc1nc(-c2ccc(F)c(F)c2)cs1. The summed E-state index contributed by atoms with van der Waals surface area (Å²) < 4.78 is 30.8. The van der Waals surface area contributed by atoms with Gasteiger partial charge in [0.1, 0.15) is 0 Å². The number of aromatic nitrogens is 1. The van der Waals surface area contributed by atoms with E-state index in [9.17, 15) is 18.4 Å². The standard InChI is InChI=1S/C14H12F2N2O3S/c1-7(21-8(2)19)13(20)18-14-17-12(6-22-14)9-3-4-10(15)11(16)5-9/h3-7H,1-2H3,(H,17,18,20)/t7-/m1/s1. The second-order valence-electron chi connectivity index (χ2n) is 4.41. The number of halogens is 2. The first kappa shape index (κ1) is 16.0. The van der Waals surface area contributed by atoms with Crippen LogP contribution in [0.4, 0.5) is 13.9 Å². The molecule has 1 N–H and O–H groups in total. The van der Waals surface area contributed by atoms with Crippen molar-refractivity contribution in [3.8, 4) is 11.3 Å². The Bertz CT molecular complexity index is 718. The number of carbonyl (C=O) groups excluding carboxylic acids is 2. The molecule has 2 rings (SSSR count). The van der Waals surface area contributed by atoms with Gasteiger partial charge in [-0.3, -0.25) is 14.9 Å². The van der Waals surface area contributed by atoms with Crippen LogP contribution in [0.5, 0.6) is 0 Å². The van der Waals surface area contributed by atoms with Crippen LogP contribution >= 0.6 is 11.3 Å². The summed E-state index contributed by atoms with van der Waals surface area (Å²) in [7, 11) is 0. The fraction of sp³-hybridized carbons (Fsp3) is 0.214.